The monoisotopic (exact) mass is 391 g/mol. The minimum absolute atomic E-state index is 0.231. The summed E-state index contributed by atoms with van der Waals surface area (Å²) in [6, 6.07) is 6.11. The summed E-state index contributed by atoms with van der Waals surface area (Å²) in [7, 11) is 1.64. The van der Waals surface area contributed by atoms with E-state index >= 15 is 0 Å². The molecule has 0 bridgehead atoms. The van der Waals surface area contributed by atoms with Crippen LogP contribution in [0.4, 0.5) is 0 Å². The van der Waals surface area contributed by atoms with Crippen molar-refractivity contribution in [2.24, 2.45) is 0 Å². The van der Waals surface area contributed by atoms with Gasteiger partial charge in [-0.2, -0.15) is 0 Å². The zero-order valence-electron chi connectivity index (χ0n) is 15.2. The molecule has 0 atom stereocenters. The molecule has 9 heteroatoms. The summed E-state index contributed by atoms with van der Waals surface area (Å²) in [5.41, 5.74) is 2.01. The predicted octanol–water partition coefficient (Wildman–Crippen LogP) is 4.08. The highest BCUT2D eigenvalue weighted by Gasteiger charge is 2.13. The summed E-state index contributed by atoms with van der Waals surface area (Å²) >= 11 is 3.20. The van der Waals surface area contributed by atoms with Crippen molar-refractivity contribution in [3.05, 3.63) is 29.3 Å². The van der Waals surface area contributed by atoms with E-state index in [1.165, 1.54) is 0 Å². The molecule has 1 aromatic carbocycles. The zero-order valence-corrected chi connectivity index (χ0v) is 16.8. The zero-order chi connectivity index (χ0) is 18.5. The van der Waals surface area contributed by atoms with Gasteiger partial charge in [0.25, 0.3) is 0 Å². The second-order valence-electron chi connectivity index (χ2n) is 5.73. The molecule has 3 rings (SSSR count). The molecule has 0 aliphatic heterocycles. The lowest BCUT2D eigenvalue weighted by Crippen LogP contribution is -2.04. The van der Waals surface area contributed by atoms with Gasteiger partial charge in [0.1, 0.15) is 5.01 Å². The molecule has 0 aliphatic rings. The maximum Gasteiger partial charge on any atom is 0.209 e. The maximum atomic E-state index is 5.57. The Morgan fingerprint density at radius 3 is 2.85 bits per heavy atom. The highest BCUT2D eigenvalue weighted by molar-refractivity contribution is 7.98. The second-order valence-corrected chi connectivity index (χ2v) is 7.53. The van der Waals surface area contributed by atoms with Crippen LogP contribution >= 0.6 is 23.1 Å². The molecule has 0 aliphatic carbocycles. The van der Waals surface area contributed by atoms with Gasteiger partial charge in [0.2, 0.25) is 5.16 Å². The van der Waals surface area contributed by atoms with Crippen LogP contribution in [0.25, 0.3) is 10.6 Å². The summed E-state index contributed by atoms with van der Waals surface area (Å²) in [6.07, 6.45) is 0. The quantitative estimate of drug-likeness (QED) is 0.536. The number of methoxy groups -OCH3 is 1. The fourth-order valence-corrected chi connectivity index (χ4v) is 4.15. The van der Waals surface area contributed by atoms with Crippen LogP contribution in [0.1, 0.15) is 32.5 Å². The third-order valence-electron chi connectivity index (χ3n) is 3.56. The summed E-state index contributed by atoms with van der Waals surface area (Å²) in [4.78, 5) is 4.73. The van der Waals surface area contributed by atoms with Gasteiger partial charge in [-0.1, -0.05) is 11.8 Å². The molecule has 3 aromatic rings. The van der Waals surface area contributed by atoms with Crippen molar-refractivity contribution in [3.63, 3.8) is 0 Å². The fraction of sp³-hybridized carbons (Fsp3) is 0.412. The van der Waals surface area contributed by atoms with Crippen molar-refractivity contribution in [2.45, 2.75) is 37.7 Å². The summed E-state index contributed by atoms with van der Waals surface area (Å²) < 4.78 is 12.8. The van der Waals surface area contributed by atoms with Crippen molar-refractivity contribution in [2.75, 3.05) is 13.7 Å². The summed E-state index contributed by atoms with van der Waals surface area (Å²) in [5.74, 6) is 2.18. The molecule has 2 heterocycles. The first-order valence-corrected chi connectivity index (χ1v) is 10.1. The van der Waals surface area contributed by atoms with Gasteiger partial charge in [-0.3, -0.25) is 0 Å². The van der Waals surface area contributed by atoms with Crippen LogP contribution in [-0.4, -0.2) is 38.9 Å². The van der Waals surface area contributed by atoms with Gasteiger partial charge in [-0.05, 0) is 49.4 Å². The van der Waals surface area contributed by atoms with Gasteiger partial charge in [-0.25, -0.2) is 9.67 Å². The SMILES string of the molecule is CCOc1ccc(-c2nc(CSc3nnnn3C(C)C)cs2)cc1OC. The number of thioether (sulfide) groups is 1. The number of ether oxygens (including phenoxy) is 2. The van der Waals surface area contributed by atoms with E-state index in [9.17, 15) is 0 Å². The number of tetrazole rings is 1. The van der Waals surface area contributed by atoms with Crippen molar-refractivity contribution in [1.29, 1.82) is 0 Å². The number of thiazole rings is 1. The first-order valence-electron chi connectivity index (χ1n) is 8.28. The molecule has 26 heavy (non-hydrogen) atoms. The Labute approximate surface area is 160 Å². The largest absolute Gasteiger partial charge is 0.493 e. The molecule has 0 fully saturated rings. The van der Waals surface area contributed by atoms with Gasteiger partial charge < -0.3 is 9.47 Å². The predicted molar refractivity (Wildman–Crippen MR) is 103 cm³/mol. The molecule has 0 saturated heterocycles. The molecule has 0 N–H and O–H groups in total. The lowest BCUT2D eigenvalue weighted by Gasteiger charge is -2.09. The molecule has 7 nitrogen and oxygen atoms in total. The minimum Gasteiger partial charge on any atom is -0.493 e. The average molecular weight is 392 g/mol. The number of nitrogens with zero attached hydrogens (tertiary/aromatic N) is 5. The lowest BCUT2D eigenvalue weighted by atomic mass is 10.2. The van der Waals surface area contributed by atoms with E-state index in [-0.39, 0.29) is 6.04 Å². The Balaban J connectivity index is 1.72. The van der Waals surface area contributed by atoms with Crippen LogP contribution in [0, 0.1) is 0 Å². The average Bonchev–Trinajstić information content (AvgIpc) is 3.30. The van der Waals surface area contributed by atoms with Crippen LogP contribution in [0.5, 0.6) is 11.5 Å². The Morgan fingerprint density at radius 1 is 1.27 bits per heavy atom. The van der Waals surface area contributed by atoms with Crippen molar-refractivity contribution in [3.8, 4) is 22.1 Å². The Morgan fingerprint density at radius 2 is 2.12 bits per heavy atom. The molecule has 0 radical (unpaired) electrons. The number of hydrogen-bond donors (Lipinski definition) is 0. The van der Waals surface area contributed by atoms with Gasteiger partial charge >= 0.3 is 0 Å². The highest BCUT2D eigenvalue weighted by Crippen LogP contribution is 2.34. The highest BCUT2D eigenvalue weighted by atomic mass is 32.2. The summed E-state index contributed by atoms with van der Waals surface area (Å²) in [6.45, 7) is 6.67. The van der Waals surface area contributed by atoms with Gasteiger partial charge in [0, 0.05) is 16.7 Å². The van der Waals surface area contributed by atoms with E-state index in [0.717, 1.165) is 32.9 Å². The van der Waals surface area contributed by atoms with Crippen molar-refractivity contribution in [1.82, 2.24) is 25.2 Å². The van der Waals surface area contributed by atoms with Crippen molar-refractivity contribution >= 4 is 23.1 Å². The Bertz CT molecular complexity index is 862. The smallest absolute Gasteiger partial charge is 0.209 e. The van der Waals surface area contributed by atoms with E-state index in [4.69, 9.17) is 14.5 Å². The molecule has 138 valence electrons. The second kappa shape index (κ2) is 8.50. The Hall–Kier alpha value is -2.13. The molecule has 0 unspecified atom stereocenters. The molecule has 0 spiro atoms. The topological polar surface area (TPSA) is 75.0 Å². The van der Waals surface area contributed by atoms with E-state index < -0.39 is 0 Å². The molecular weight excluding hydrogens is 370 g/mol. The lowest BCUT2D eigenvalue weighted by molar-refractivity contribution is 0.311. The normalized spacial score (nSPS) is 11.1. The maximum absolute atomic E-state index is 5.57. The number of rotatable bonds is 8. The van der Waals surface area contributed by atoms with Gasteiger partial charge in [0.05, 0.1) is 25.5 Å². The molecule has 2 aromatic heterocycles. The first-order chi connectivity index (χ1) is 12.6. The summed E-state index contributed by atoms with van der Waals surface area (Å²) in [5, 5.41) is 15.7. The third kappa shape index (κ3) is 4.16. The minimum atomic E-state index is 0.231. The number of aromatic nitrogens is 5. The molecule has 0 saturated carbocycles. The number of hydrogen-bond acceptors (Lipinski definition) is 8. The first kappa shape index (κ1) is 18.7. The van der Waals surface area contributed by atoms with Crippen LogP contribution in [0.3, 0.4) is 0 Å². The van der Waals surface area contributed by atoms with Gasteiger partial charge in [0.15, 0.2) is 11.5 Å². The number of benzene rings is 1. The van der Waals surface area contributed by atoms with E-state index in [1.807, 2.05) is 29.8 Å². The molecular formula is C17H21N5O2S2. The van der Waals surface area contributed by atoms with Gasteiger partial charge in [-0.15, -0.1) is 16.4 Å². The molecule has 0 amide bonds. The van der Waals surface area contributed by atoms with Crippen LogP contribution < -0.4 is 9.47 Å². The van der Waals surface area contributed by atoms with Crippen molar-refractivity contribution < 1.29 is 9.47 Å². The van der Waals surface area contributed by atoms with Crippen LogP contribution in [0.2, 0.25) is 0 Å². The van der Waals surface area contributed by atoms with E-state index in [0.29, 0.717) is 12.4 Å². The van der Waals surface area contributed by atoms with Crippen LogP contribution in [0.15, 0.2) is 28.7 Å². The van der Waals surface area contributed by atoms with E-state index in [1.54, 1.807) is 30.2 Å². The third-order valence-corrected chi connectivity index (χ3v) is 5.47. The standard InChI is InChI=1S/C17H21N5O2S2/c1-5-24-14-7-6-12(8-15(14)23-4)16-18-13(9-25-16)10-26-17-19-20-21-22(17)11(2)3/h6-9,11H,5,10H2,1-4H3. The van der Waals surface area contributed by atoms with Crippen LogP contribution in [-0.2, 0) is 5.75 Å². The Kier molecular flexibility index (Phi) is 6.10. The fourth-order valence-electron chi connectivity index (χ4n) is 2.32. The van der Waals surface area contributed by atoms with E-state index in [2.05, 4.69) is 34.8 Å².